The van der Waals surface area contributed by atoms with Crippen molar-refractivity contribution in [1.82, 2.24) is 5.43 Å². The van der Waals surface area contributed by atoms with Gasteiger partial charge in [0.1, 0.15) is 5.75 Å². The number of halogens is 1. The van der Waals surface area contributed by atoms with E-state index in [1.54, 1.807) is 18.2 Å². The molecule has 126 valence electrons. The fraction of sp³-hybridized carbons (Fsp3) is 0.263. The first kappa shape index (κ1) is 18.0. The molecular weight excluding hydrogens is 324 g/mol. The number of hydrazone groups is 1. The Bertz CT molecular complexity index is 715. The van der Waals surface area contributed by atoms with Crippen molar-refractivity contribution < 1.29 is 9.53 Å². The van der Waals surface area contributed by atoms with E-state index in [2.05, 4.69) is 17.5 Å². The minimum atomic E-state index is -0.297. The molecule has 0 bridgehead atoms. The summed E-state index contributed by atoms with van der Waals surface area (Å²) >= 11 is 5.90. The fourth-order valence-electron chi connectivity index (χ4n) is 2.21. The number of amides is 1. The minimum Gasteiger partial charge on any atom is -0.483 e. The Labute approximate surface area is 147 Å². The van der Waals surface area contributed by atoms with Gasteiger partial charge in [0.05, 0.1) is 5.71 Å². The van der Waals surface area contributed by atoms with Gasteiger partial charge in [-0.2, -0.15) is 5.10 Å². The van der Waals surface area contributed by atoms with E-state index in [0.29, 0.717) is 10.8 Å². The highest BCUT2D eigenvalue weighted by Crippen LogP contribution is 2.21. The van der Waals surface area contributed by atoms with Crippen LogP contribution in [0.5, 0.6) is 5.75 Å². The second-order valence-electron chi connectivity index (χ2n) is 5.41. The van der Waals surface area contributed by atoms with E-state index in [-0.39, 0.29) is 12.5 Å². The second-order valence-corrected chi connectivity index (χ2v) is 5.84. The van der Waals surface area contributed by atoms with Gasteiger partial charge >= 0.3 is 0 Å². The van der Waals surface area contributed by atoms with Crippen LogP contribution in [0.2, 0.25) is 5.02 Å². The Morgan fingerprint density at radius 1 is 1.21 bits per heavy atom. The number of hydrogen-bond acceptors (Lipinski definition) is 3. The molecule has 24 heavy (non-hydrogen) atoms. The monoisotopic (exact) mass is 344 g/mol. The average Bonchev–Trinajstić information content (AvgIpc) is 2.58. The Morgan fingerprint density at radius 2 is 1.96 bits per heavy atom. The molecule has 0 unspecified atom stereocenters. The van der Waals surface area contributed by atoms with Gasteiger partial charge in [-0.15, -0.1) is 0 Å². The predicted molar refractivity (Wildman–Crippen MR) is 97.7 cm³/mol. The number of carbonyl (C=O) groups excluding carboxylic acids is 1. The number of rotatable bonds is 7. The zero-order valence-corrected chi connectivity index (χ0v) is 14.6. The van der Waals surface area contributed by atoms with Crippen molar-refractivity contribution in [3.8, 4) is 5.75 Å². The SMILES string of the molecule is CCC/C(=N\NC(=O)COc1ccc(Cl)cc1C)c1ccccc1. The van der Waals surface area contributed by atoms with Gasteiger partial charge in [-0.1, -0.05) is 55.3 Å². The largest absolute Gasteiger partial charge is 0.483 e. The van der Waals surface area contributed by atoms with Crippen LogP contribution in [0.3, 0.4) is 0 Å². The molecule has 0 spiro atoms. The van der Waals surface area contributed by atoms with Crippen LogP contribution in [0.15, 0.2) is 53.6 Å². The van der Waals surface area contributed by atoms with Crippen molar-refractivity contribution >= 4 is 23.2 Å². The summed E-state index contributed by atoms with van der Waals surface area (Å²) in [5.41, 5.74) is 5.31. The van der Waals surface area contributed by atoms with Crippen molar-refractivity contribution in [1.29, 1.82) is 0 Å². The number of carbonyl (C=O) groups is 1. The van der Waals surface area contributed by atoms with Gasteiger partial charge in [0.25, 0.3) is 5.91 Å². The molecule has 4 nitrogen and oxygen atoms in total. The van der Waals surface area contributed by atoms with Crippen molar-refractivity contribution in [3.05, 3.63) is 64.7 Å². The van der Waals surface area contributed by atoms with Gasteiger partial charge in [-0.3, -0.25) is 4.79 Å². The molecule has 1 amide bonds. The van der Waals surface area contributed by atoms with Crippen LogP contribution in [0.1, 0.15) is 30.9 Å². The molecule has 0 aliphatic carbocycles. The van der Waals surface area contributed by atoms with E-state index in [1.807, 2.05) is 37.3 Å². The lowest BCUT2D eigenvalue weighted by Gasteiger charge is -2.09. The molecule has 1 N–H and O–H groups in total. The van der Waals surface area contributed by atoms with Gasteiger partial charge in [0.15, 0.2) is 6.61 Å². The first-order valence-corrected chi connectivity index (χ1v) is 8.27. The lowest BCUT2D eigenvalue weighted by Crippen LogP contribution is -2.26. The molecule has 2 aromatic carbocycles. The summed E-state index contributed by atoms with van der Waals surface area (Å²) in [6.07, 6.45) is 1.74. The number of aryl methyl sites for hydroxylation is 1. The third-order valence-corrected chi connectivity index (χ3v) is 3.64. The third-order valence-electron chi connectivity index (χ3n) is 3.41. The number of nitrogens with zero attached hydrogens (tertiary/aromatic N) is 1. The Kier molecular flexibility index (Phi) is 6.82. The Balaban J connectivity index is 1.95. The van der Waals surface area contributed by atoms with Crippen LogP contribution in [0.4, 0.5) is 0 Å². The molecule has 0 saturated heterocycles. The first-order chi connectivity index (χ1) is 11.6. The summed E-state index contributed by atoms with van der Waals surface area (Å²) in [4.78, 5) is 12.0. The number of hydrogen-bond donors (Lipinski definition) is 1. The molecule has 0 aromatic heterocycles. The van der Waals surface area contributed by atoms with Crippen molar-refractivity contribution in [2.75, 3.05) is 6.61 Å². The molecule has 0 aliphatic heterocycles. The van der Waals surface area contributed by atoms with Crippen LogP contribution in [-0.2, 0) is 4.79 Å². The highest BCUT2D eigenvalue weighted by Gasteiger charge is 2.07. The molecule has 2 aromatic rings. The standard InChI is InChI=1S/C19H21ClN2O2/c1-3-7-17(15-8-5-4-6-9-15)21-22-19(23)13-24-18-11-10-16(20)12-14(18)2/h4-6,8-12H,3,7,13H2,1-2H3,(H,22,23)/b21-17+. The summed E-state index contributed by atoms with van der Waals surface area (Å²) in [5, 5.41) is 4.89. The van der Waals surface area contributed by atoms with Gasteiger partial charge < -0.3 is 4.74 Å². The van der Waals surface area contributed by atoms with Crippen LogP contribution in [0, 0.1) is 6.92 Å². The number of benzene rings is 2. The van der Waals surface area contributed by atoms with E-state index >= 15 is 0 Å². The third kappa shape index (κ3) is 5.39. The van der Waals surface area contributed by atoms with Crippen LogP contribution in [0.25, 0.3) is 0 Å². The van der Waals surface area contributed by atoms with Crippen LogP contribution < -0.4 is 10.2 Å². The van der Waals surface area contributed by atoms with Gasteiger partial charge in [0.2, 0.25) is 0 Å². The maximum atomic E-state index is 12.0. The molecule has 0 radical (unpaired) electrons. The minimum absolute atomic E-state index is 0.0971. The molecule has 0 fully saturated rings. The van der Waals surface area contributed by atoms with E-state index in [0.717, 1.165) is 29.7 Å². The first-order valence-electron chi connectivity index (χ1n) is 7.90. The molecule has 5 heteroatoms. The highest BCUT2D eigenvalue weighted by molar-refractivity contribution is 6.30. The van der Waals surface area contributed by atoms with Gasteiger partial charge in [0, 0.05) is 5.02 Å². The average molecular weight is 345 g/mol. The normalized spacial score (nSPS) is 11.2. The maximum absolute atomic E-state index is 12.0. The summed E-state index contributed by atoms with van der Waals surface area (Å²) in [5.74, 6) is 0.337. The number of nitrogens with one attached hydrogen (secondary N) is 1. The fourth-order valence-corrected chi connectivity index (χ4v) is 2.44. The Morgan fingerprint density at radius 3 is 2.62 bits per heavy atom. The molecule has 0 heterocycles. The molecule has 2 rings (SSSR count). The Hall–Kier alpha value is -2.33. The van der Waals surface area contributed by atoms with Gasteiger partial charge in [-0.05, 0) is 42.7 Å². The van der Waals surface area contributed by atoms with E-state index in [4.69, 9.17) is 16.3 Å². The topological polar surface area (TPSA) is 50.7 Å². The van der Waals surface area contributed by atoms with E-state index < -0.39 is 0 Å². The molecular formula is C19H21ClN2O2. The summed E-state index contributed by atoms with van der Waals surface area (Å²) in [6, 6.07) is 15.1. The smallest absolute Gasteiger partial charge is 0.277 e. The zero-order valence-electron chi connectivity index (χ0n) is 13.9. The lowest BCUT2D eigenvalue weighted by molar-refractivity contribution is -0.123. The van der Waals surface area contributed by atoms with Gasteiger partial charge in [-0.25, -0.2) is 5.43 Å². The van der Waals surface area contributed by atoms with Crippen molar-refractivity contribution in [2.45, 2.75) is 26.7 Å². The van der Waals surface area contributed by atoms with Crippen molar-refractivity contribution in [2.24, 2.45) is 5.10 Å². The quantitative estimate of drug-likeness (QED) is 0.599. The predicted octanol–water partition coefficient (Wildman–Crippen LogP) is 4.35. The summed E-state index contributed by atoms with van der Waals surface area (Å²) < 4.78 is 5.51. The van der Waals surface area contributed by atoms with Crippen LogP contribution in [-0.4, -0.2) is 18.2 Å². The highest BCUT2D eigenvalue weighted by atomic mass is 35.5. The molecule has 0 saturated carbocycles. The zero-order chi connectivity index (χ0) is 17.4. The lowest BCUT2D eigenvalue weighted by atomic mass is 10.1. The van der Waals surface area contributed by atoms with Crippen LogP contribution >= 0.6 is 11.6 Å². The molecule has 0 aliphatic rings. The second kappa shape index (κ2) is 9.08. The molecule has 0 atom stereocenters. The van der Waals surface area contributed by atoms with Crippen molar-refractivity contribution in [3.63, 3.8) is 0 Å². The maximum Gasteiger partial charge on any atom is 0.277 e. The number of ether oxygens (including phenoxy) is 1. The van der Waals surface area contributed by atoms with E-state index in [1.165, 1.54) is 0 Å². The van der Waals surface area contributed by atoms with E-state index in [9.17, 15) is 4.79 Å². The summed E-state index contributed by atoms with van der Waals surface area (Å²) in [6.45, 7) is 3.86. The summed E-state index contributed by atoms with van der Waals surface area (Å²) in [7, 11) is 0.